The van der Waals surface area contributed by atoms with Crippen LogP contribution in [0.25, 0.3) is 22.2 Å². The highest BCUT2D eigenvalue weighted by atomic mass is 19.2. The third kappa shape index (κ3) is 3.67. The second kappa shape index (κ2) is 8.20. The number of fused-ring (bicyclic) bond motifs is 1. The fourth-order valence-corrected chi connectivity index (χ4v) is 3.99. The van der Waals surface area contributed by atoms with Crippen molar-refractivity contribution < 1.29 is 18.3 Å². The van der Waals surface area contributed by atoms with E-state index < -0.39 is 11.6 Å². The van der Waals surface area contributed by atoms with E-state index in [0.717, 1.165) is 30.2 Å². The van der Waals surface area contributed by atoms with Gasteiger partial charge in [0.1, 0.15) is 11.3 Å². The first-order chi connectivity index (χ1) is 15.5. The van der Waals surface area contributed by atoms with Crippen LogP contribution in [0, 0.1) is 11.6 Å². The Hall–Kier alpha value is -3.52. The zero-order valence-corrected chi connectivity index (χ0v) is 17.4. The van der Waals surface area contributed by atoms with Gasteiger partial charge in [0.2, 0.25) is 11.4 Å². The first-order valence-electron chi connectivity index (χ1n) is 10.4. The van der Waals surface area contributed by atoms with Crippen LogP contribution in [-0.2, 0) is 11.8 Å². The van der Waals surface area contributed by atoms with Crippen molar-refractivity contribution in [1.82, 2.24) is 14.5 Å². The molecule has 0 spiro atoms. The molecule has 5 rings (SSSR count). The molecule has 2 aromatic heterocycles. The molecule has 8 heteroatoms. The summed E-state index contributed by atoms with van der Waals surface area (Å²) in [5.41, 5.74) is 2.39. The van der Waals surface area contributed by atoms with Gasteiger partial charge in [0.15, 0.2) is 17.3 Å². The zero-order chi connectivity index (χ0) is 22.2. The number of hydrogen-bond donors (Lipinski definition) is 1. The fraction of sp³-hybridized carbons (Fsp3) is 0.250. The van der Waals surface area contributed by atoms with Crippen LogP contribution in [-0.4, -0.2) is 27.7 Å². The van der Waals surface area contributed by atoms with E-state index in [1.807, 2.05) is 12.1 Å². The summed E-state index contributed by atoms with van der Waals surface area (Å²) in [6.45, 7) is 1.34. The minimum atomic E-state index is -1.07. The lowest BCUT2D eigenvalue weighted by Crippen LogP contribution is -2.15. The highest BCUT2D eigenvalue weighted by Gasteiger charge is 2.23. The van der Waals surface area contributed by atoms with Crippen molar-refractivity contribution in [2.45, 2.75) is 18.8 Å². The minimum absolute atomic E-state index is 0.157. The smallest absolute Gasteiger partial charge is 0.250 e. The maximum absolute atomic E-state index is 14.4. The number of nitrogens with one attached hydrogen (secondary N) is 1. The molecule has 1 aliphatic rings. The summed E-state index contributed by atoms with van der Waals surface area (Å²) in [7, 11) is 1.65. The molecule has 3 heterocycles. The van der Waals surface area contributed by atoms with Crippen LogP contribution in [0.5, 0.6) is 11.5 Å². The summed E-state index contributed by atoms with van der Waals surface area (Å²) in [6.07, 6.45) is 3.37. The SMILES string of the molecule is Cn1cc(-c2ccc3[nH]c(C4CCOCC4)nc3c2Oc2cccc(F)c2F)ccc1=O. The first-order valence-corrected chi connectivity index (χ1v) is 10.4. The van der Waals surface area contributed by atoms with Gasteiger partial charge in [-0.05, 0) is 43.2 Å². The largest absolute Gasteiger partial charge is 0.451 e. The summed E-state index contributed by atoms with van der Waals surface area (Å²) in [5, 5.41) is 0. The van der Waals surface area contributed by atoms with Gasteiger partial charge in [0, 0.05) is 49.6 Å². The lowest BCUT2D eigenvalue weighted by atomic mass is 10.00. The average molecular weight is 437 g/mol. The van der Waals surface area contributed by atoms with E-state index in [-0.39, 0.29) is 17.2 Å². The van der Waals surface area contributed by atoms with Gasteiger partial charge in [-0.15, -0.1) is 0 Å². The number of benzene rings is 2. The normalized spacial score (nSPS) is 14.7. The molecule has 0 atom stereocenters. The second-order valence-corrected chi connectivity index (χ2v) is 7.87. The number of nitrogens with zero attached hydrogens (tertiary/aromatic N) is 2. The Balaban J connectivity index is 1.69. The van der Waals surface area contributed by atoms with E-state index in [1.54, 1.807) is 19.3 Å². The Morgan fingerprint density at radius 1 is 1.12 bits per heavy atom. The van der Waals surface area contributed by atoms with Gasteiger partial charge in [-0.3, -0.25) is 4.79 Å². The van der Waals surface area contributed by atoms with Crippen molar-refractivity contribution in [2.75, 3.05) is 13.2 Å². The Morgan fingerprint density at radius 2 is 1.94 bits per heavy atom. The fourth-order valence-electron chi connectivity index (χ4n) is 3.99. The number of aromatic nitrogens is 3. The Kier molecular flexibility index (Phi) is 5.22. The lowest BCUT2D eigenvalue weighted by Gasteiger charge is -2.19. The third-order valence-electron chi connectivity index (χ3n) is 5.76. The number of aromatic amines is 1. The van der Waals surface area contributed by atoms with Gasteiger partial charge in [-0.2, -0.15) is 4.39 Å². The van der Waals surface area contributed by atoms with E-state index in [0.29, 0.717) is 35.6 Å². The van der Waals surface area contributed by atoms with Gasteiger partial charge in [0.25, 0.3) is 0 Å². The van der Waals surface area contributed by atoms with Crippen molar-refractivity contribution in [1.29, 1.82) is 0 Å². The highest BCUT2D eigenvalue weighted by molar-refractivity contribution is 5.91. The predicted molar refractivity (Wildman–Crippen MR) is 116 cm³/mol. The number of halogens is 2. The Morgan fingerprint density at radius 3 is 2.72 bits per heavy atom. The molecule has 164 valence electrons. The second-order valence-electron chi connectivity index (χ2n) is 7.87. The van der Waals surface area contributed by atoms with Crippen LogP contribution in [0.15, 0.2) is 53.5 Å². The van der Waals surface area contributed by atoms with E-state index in [1.165, 1.54) is 22.8 Å². The summed E-state index contributed by atoms with van der Waals surface area (Å²) >= 11 is 0. The molecule has 0 radical (unpaired) electrons. The number of pyridine rings is 1. The van der Waals surface area contributed by atoms with Gasteiger partial charge in [-0.1, -0.05) is 6.07 Å². The summed E-state index contributed by atoms with van der Waals surface area (Å²) in [6, 6.07) is 10.6. The van der Waals surface area contributed by atoms with E-state index >= 15 is 0 Å². The third-order valence-corrected chi connectivity index (χ3v) is 5.76. The first kappa shape index (κ1) is 20.4. The number of aryl methyl sites for hydroxylation is 1. The molecule has 0 amide bonds. The van der Waals surface area contributed by atoms with Gasteiger partial charge in [-0.25, -0.2) is 9.37 Å². The van der Waals surface area contributed by atoms with Crippen molar-refractivity contribution >= 4 is 11.0 Å². The van der Waals surface area contributed by atoms with Crippen molar-refractivity contribution in [3.63, 3.8) is 0 Å². The molecule has 6 nitrogen and oxygen atoms in total. The maximum Gasteiger partial charge on any atom is 0.250 e. The lowest BCUT2D eigenvalue weighted by molar-refractivity contribution is 0.0838. The number of H-pyrrole nitrogens is 1. The number of imidazole rings is 1. The molecular weight excluding hydrogens is 416 g/mol. The topological polar surface area (TPSA) is 69.1 Å². The molecule has 1 N–H and O–H groups in total. The van der Waals surface area contributed by atoms with Gasteiger partial charge < -0.3 is 19.0 Å². The molecule has 32 heavy (non-hydrogen) atoms. The minimum Gasteiger partial charge on any atom is -0.451 e. The number of hydrogen-bond acceptors (Lipinski definition) is 4. The van der Waals surface area contributed by atoms with Gasteiger partial charge in [0.05, 0.1) is 5.52 Å². The Bertz CT molecular complexity index is 1360. The highest BCUT2D eigenvalue weighted by Crippen LogP contribution is 2.40. The van der Waals surface area contributed by atoms with Crippen LogP contribution in [0.2, 0.25) is 0 Å². The quantitative estimate of drug-likeness (QED) is 0.493. The molecule has 0 unspecified atom stereocenters. The molecule has 1 saturated heterocycles. The number of rotatable bonds is 4. The molecular formula is C24H21F2N3O3. The van der Waals surface area contributed by atoms with Crippen LogP contribution in [0.3, 0.4) is 0 Å². The summed E-state index contributed by atoms with van der Waals surface area (Å²) in [4.78, 5) is 20.0. The van der Waals surface area contributed by atoms with Crippen molar-refractivity contribution in [2.24, 2.45) is 7.05 Å². The van der Waals surface area contributed by atoms with Crippen molar-refractivity contribution in [3.05, 3.63) is 76.5 Å². The van der Waals surface area contributed by atoms with Crippen LogP contribution in [0.4, 0.5) is 8.78 Å². The van der Waals surface area contributed by atoms with Crippen molar-refractivity contribution in [3.8, 4) is 22.6 Å². The van der Waals surface area contributed by atoms with E-state index in [2.05, 4.69) is 4.98 Å². The monoisotopic (exact) mass is 437 g/mol. The standard InChI is InChI=1S/C24H21F2N3O3/c1-29-13-15(5-8-20(29)30)16-6-7-18-22(28-24(27-18)14-9-11-31-12-10-14)23(16)32-19-4-2-3-17(25)21(19)26/h2-8,13-14H,9-12H2,1H3,(H,27,28). The maximum atomic E-state index is 14.4. The van der Waals surface area contributed by atoms with Crippen LogP contribution >= 0.6 is 0 Å². The molecule has 4 aromatic rings. The summed E-state index contributed by atoms with van der Waals surface area (Å²) < 4.78 is 41.1. The molecule has 1 aliphatic heterocycles. The molecule has 0 saturated carbocycles. The molecule has 0 bridgehead atoms. The van der Waals surface area contributed by atoms with E-state index in [9.17, 15) is 13.6 Å². The van der Waals surface area contributed by atoms with Gasteiger partial charge >= 0.3 is 0 Å². The van der Waals surface area contributed by atoms with Crippen LogP contribution < -0.4 is 10.3 Å². The molecule has 0 aliphatic carbocycles. The van der Waals surface area contributed by atoms with E-state index in [4.69, 9.17) is 14.5 Å². The average Bonchev–Trinajstić information content (AvgIpc) is 3.24. The zero-order valence-electron chi connectivity index (χ0n) is 17.4. The number of ether oxygens (including phenoxy) is 2. The molecule has 2 aromatic carbocycles. The Labute approximate surface area is 182 Å². The molecule has 1 fully saturated rings. The van der Waals surface area contributed by atoms with Crippen LogP contribution in [0.1, 0.15) is 24.6 Å². The summed E-state index contributed by atoms with van der Waals surface area (Å²) in [5.74, 6) is -0.986. The predicted octanol–water partition coefficient (Wildman–Crippen LogP) is 4.89.